The van der Waals surface area contributed by atoms with Crippen molar-refractivity contribution in [2.75, 3.05) is 32.8 Å². The maximum absolute atomic E-state index is 10.3. The molecule has 2 rings (SSSR count). The molecule has 1 heterocycles. The van der Waals surface area contributed by atoms with E-state index in [2.05, 4.69) is 18.7 Å². The second kappa shape index (κ2) is 7.50. The smallest absolute Gasteiger partial charge is 0.161 e. The molecular weight excluding hydrogens is 254 g/mol. The van der Waals surface area contributed by atoms with Gasteiger partial charge in [-0.2, -0.15) is 0 Å². The highest BCUT2D eigenvalue weighted by Gasteiger charge is 2.16. The van der Waals surface area contributed by atoms with E-state index in [0.717, 1.165) is 49.5 Å². The van der Waals surface area contributed by atoms with Gasteiger partial charge in [-0.3, -0.25) is 0 Å². The quantitative estimate of drug-likeness (QED) is 0.833. The first kappa shape index (κ1) is 15.1. The van der Waals surface area contributed by atoms with Gasteiger partial charge in [-0.05, 0) is 43.6 Å². The van der Waals surface area contributed by atoms with Crippen molar-refractivity contribution in [3.05, 3.63) is 23.8 Å². The minimum absolute atomic E-state index is 0.447. The van der Waals surface area contributed by atoms with Gasteiger partial charge < -0.3 is 19.5 Å². The lowest BCUT2D eigenvalue weighted by Crippen LogP contribution is -2.26. The van der Waals surface area contributed by atoms with Crippen LogP contribution in [0.15, 0.2) is 18.2 Å². The van der Waals surface area contributed by atoms with Crippen LogP contribution in [0, 0.1) is 0 Å². The Morgan fingerprint density at radius 2 is 1.90 bits per heavy atom. The predicted molar refractivity (Wildman–Crippen MR) is 79.4 cm³/mol. The van der Waals surface area contributed by atoms with Crippen LogP contribution in [0.5, 0.6) is 11.5 Å². The zero-order chi connectivity index (χ0) is 14.4. The zero-order valence-corrected chi connectivity index (χ0v) is 12.5. The van der Waals surface area contributed by atoms with Crippen molar-refractivity contribution in [1.29, 1.82) is 0 Å². The van der Waals surface area contributed by atoms with E-state index >= 15 is 0 Å². The molecule has 1 aliphatic rings. The number of benzene rings is 1. The Kier molecular flexibility index (Phi) is 5.68. The van der Waals surface area contributed by atoms with Crippen LogP contribution in [-0.2, 0) is 0 Å². The summed E-state index contributed by atoms with van der Waals surface area (Å²) in [5, 5.41) is 10.3. The summed E-state index contributed by atoms with van der Waals surface area (Å²) in [7, 11) is 0. The zero-order valence-electron chi connectivity index (χ0n) is 12.5. The number of ether oxygens (including phenoxy) is 2. The van der Waals surface area contributed by atoms with Gasteiger partial charge >= 0.3 is 0 Å². The molecule has 0 unspecified atom stereocenters. The van der Waals surface area contributed by atoms with Crippen molar-refractivity contribution in [1.82, 2.24) is 4.90 Å². The fourth-order valence-electron chi connectivity index (χ4n) is 2.48. The fourth-order valence-corrected chi connectivity index (χ4v) is 2.48. The molecule has 0 saturated carbocycles. The van der Waals surface area contributed by atoms with E-state index in [1.807, 2.05) is 18.2 Å². The molecule has 0 bridgehead atoms. The van der Waals surface area contributed by atoms with E-state index in [4.69, 9.17) is 9.47 Å². The lowest BCUT2D eigenvalue weighted by molar-refractivity contribution is 0.141. The highest BCUT2D eigenvalue weighted by atomic mass is 16.6. The first-order chi connectivity index (χ1) is 9.74. The van der Waals surface area contributed by atoms with Crippen molar-refractivity contribution in [3.63, 3.8) is 0 Å². The summed E-state index contributed by atoms with van der Waals surface area (Å²) in [5.41, 5.74) is 0.904. The summed E-state index contributed by atoms with van der Waals surface area (Å²) in [5.74, 6) is 1.52. The van der Waals surface area contributed by atoms with Gasteiger partial charge in [0.05, 0.1) is 6.10 Å². The molecule has 20 heavy (non-hydrogen) atoms. The molecule has 0 spiro atoms. The number of aliphatic hydroxyl groups is 1. The Balaban J connectivity index is 1.93. The second-order valence-corrected chi connectivity index (χ2v) is 5.14. The van der Waals surface area contributed by atoms with Crippen molar-refractivity contribution in [3.8, 4) is 11.5 Å². The van der Waals surface area contributed by atoms with Crippen LogP contribution in [0.3, 0.4) is 0 Å². The van der Waals surface area contributed by atoms with E-state index in [0.29, 0.717) is 13.2 Å². The number of nitrogens with zero attached hydrogens (tertiary/aromatic N) is 1. The largest absolute Gasteiger partial charge is 0.486 e. The Hall–Kier alpha value is -1.26. The molecule has 0 saturated heterocycles. The normalized spacial score (nSPS) is 15.4. The predicted octanol–water partition coefficient (Wildman–Crippen LogP) is 2.61. The molecule has 0 fully saturated rings. The number of rotatable bonds is 7. The van der Waals surface area contributed by atoms with Crippen LogP contribution < -0.4 is 9.47 Å². The number of hydrogen-bond acceptors (Lipinski definition) is 4. The maximum atomic E-state index is 10.3. The summed E-state index contributed by atoms with van der Waals surface area (Å²) in [4.78, 5) is 2.36. The molecule has 112 valence electrons. The molecule has 4 nitrogen and oxygen atoms in total. The van der Waals surface area contributed by atoms with E-state index in [-0.39, 0.29) is 0 Å². The Morgan fingerprint density at radius 1 is 1.15 bits per heavy atom. The first-order valence-electron chi connectivity index (χ1n) is 7.54. The molecule has 0 aliphatic carbocycles. The lowest BCUT2D eigenvalue weighted by Gasteiger charge is -2.23. The Labute approximate surface area is 121 Å². The molecule has 1 atom stereocenters. The van der Waals surface area contributed by atoms with Gasteiger partial charge in [-0.1, -0.05) is 19.9 Å². The first-order valence-corrected chi connectivity index (χ1v) is 7.54. The van der Waals surface area contributed by atoms with Gasteiger partial charge in [0.2, 0.25) is 0 Å². The summed E-state index contributed by atoms with van der Waals surface area (Å²) >= 11 is 0. The molecule has 1 aromatic rings. The Morgan fingerprint density at radius 3 is 2.60 bits per heavy atom. The van der Waals surface area contributed by atoms with Gasteiger partial charge in [-0.25, -0.2) is 0 Å². The van der Waals surface area contributed by atoms with Crippen molar-refractivity contribution in [2.24, 2.45) is 0 Å². The van der Waals surface area contributed by atoms with Gasteiger partial charge in [0.1, 0.15) is 13.2 Å². The molecule has 1 aliphatic heterocycles. The standard InChI is InChI=1S/C16H25NO3/c1-3-8-17(4-2)9-7-14(18)13-5-6-15-16(12-13)20-11-10-19-15/h5-6,12,14,18H,3-4,7-11H2,1-2H3/t14-/m1/s1. The summed E-state index contributed by atoms with van der Waals surface area (Å²) in [6, 6.07) is 5.71. The monoisotopic (exact) mass is 279 g/mol. The molecular formula is C16H25NO3. The van der Waals surface area contributed by atoms with Gasteiger partial charge in [0.15, 0.2) is 11.5 Å². The van der Waals surface area contributed by atoms with E-state index in [1.54, 1.807) is 0 Å². The molecule has 1 aromatic carbocycles. The maximum Gasteiger partial charge on any atom is 0.161 e. The minimum atomic E-state index is -0.447. The van der Waals surface area contributed by atoms with E-state index < -0.39 is 6.10 Å². The third-order valence-corrected chi connectivity index (χ3v) is 3.66. The molecule has 0 amide bonds. The number of aliphatic hydroxyl groups excluding tert-OH is 1. The second-order valence-electron chi connectivity index (χ2n) is 5.14. The highest BCUT2D eigenvalue weighted by molar-refractivity contribution is 5.44. The molecule has 0 radical (unpaired) electrons. The fraction of sp³-hybridized carbons (Fsp3) is 0.625. The van der Waals surface area contributed by atoms with Gasteiger partial charge in [0.25, 0.3) is 0 Å². The van der Waals surface area contributed by atoms with E-state index in [1.165, 1.54) is 0 Å². The van der Waals surface area contributed by atoms with Crippen LogP contribution in [0.4, 0.5) is 0 Å². The van der Waals surface area contributed by atoms with Gasteiger partial charge in [-0.15, -0.1) is 0 Å². The van der Waals surface area contributed by atoms with E-state index in [9.17, 15) is 5.11 Å². The molecule has 4 heteroatoms. The topological polar surface area (TPSA) is 41.9 Å². The molecule has 0 aromatic heterocycles. The van der Waals surface area contributed by atoms with Crippen LogP contribution >= 0.6 is 0 Å². The molecule has 1 N–H and O–H groups in total. The third kappa shape index (κ3) is 3.87. The number of fused-ring (bicyclic) bond motifs is 1. The van der Waals surface area contributed by atoms with Crippen molar-refractivity contribution in [2.45, 2.75) is 32.8 Å². The Bertz CT molecular complexity index is 422. The van der Waals surface area contributed by atoms with Crippen molar-refractivity contribution >= 4 is 0 Å². The summed E-state index contributed by atoms with van der Waals surface area (Å²) in [6.45, 7) is 8.54. The minimum Gasteiger partial charge on any atom is -0.486 e. The average molecular weight is 279 g/mol. The van der Waals surface area contributed by atoms with Crippen molar-refractivity contribution < 1.29 is 14.6 Å². The number of hydrogen-bond donors (Lipinski definition) is 1. The third-order valence-electron chi connectivity index (χ3n) is 3.66. The van der Waals surface area contributed by atoms with Crippen LogP contribution in [0.2, 0.25) is 0 Å². The highest BCUT2D eigenvalue weighted by Crippen LogP contribution is 2.33. The summed E-state index contributed by atoms with van der Waals surface area (Å²) < 4.78 is 11.0. The average Bonchev–Trinajstić information content (AvgIpc) is 2.50. The van der Waals surface area contributed by atoms with Crippen LogP contribution in [0.1, 0.15) is 38.4 Å². The van der Waals surface area contributed by atoms with Crippen LogP contribution in [0.25, 0.3) is 0 Å². The summed E-state index contributed by atoms with van der Waals surface area (Å²) in [6.07, 6.45) is 1.44. The van der Waals surface area contributed by atoms with Gasteiger partial charge in [0, 0.05) is 6.54 Å². The van der Waals surface area contributed by atoms with Crippen LogP contribution in [-0.4, -0.2) is 42.9 Å². The lowest BCUT2D eigenvalue weighted by atomic mass is 10.1. The SMILES string of the molecule is CCCN(CC)CC[C@@H](O)c1ccc2c(c1)OCCO2.